The molecular weight excluding hydrogens is 256 g/mol. The number of hydrogen-bond acceptors (Lipinski definition) is 4. The molecule has 4 nitrogen and oxygen atoms in total. The van der Waals surface area contributed by atoms with Gasteiger partial charge in [0.15, 0.2) is 0 Å². The van der Waals surface area contributed by atoms with E-state index in [1.165, 1.54) is 7.11 Å². The summed E-state index contributed by atoms with van der Waals surface area (Å²) in [6.45, 7) is 5.88. The maximum absolute atomic E-state index is 11.5. The van der Waals surface area contributed by atoms with Gasteiger partial charge in [0.2, 0.25) is 5.76 Å². The van der Waals surface area contributed by atoms with Gasteiger partial charge in [-0.25, -0.2) is 4.79 Å². The van der Waals surface area contributed by atoms with Crippen molar-refractivity contribution in [3.63, 3.8) is 0 Å². The Labute approximate surface area is 118 Å². The third-order valence-corrected chi connectivity index (χ3v) is 3.25. The van der Waals surface area contributed by atoms with Gasteiger partial charge >= 0.3 is 5.97 Å². The summed E-state index contributed by atoms with van der Waals surface area (Å²) in [5.41, 5.74) is 1.67. The molecule has 0 fully saturated rings. The number of ether oxygens (including phenoxy) is 2. The highest BCUT2D eigenvalue weighted by Crippen LogP contribution is 2.30. The van der Waals surface area contributed by atoms with Gasteiger partial charge in [-0.1, -0.05) is 13.0 Å². The maximum Gasteiger partial charge on any atom is 0.373 e. The van der Waals surface area contributed by atoms with E-state index in [0.717, 1.165) is 23.1 Å². The molecule has 0 spiro atoms. The van der Waals surface area contributed by atoms with Crippen LogP contribution in [-0.4, -0.2) is 20.2 Å². The largest absolute Gasteiger partial charge is 0.496 e. The van der Waals surface area contributed by atoms with Gasteiger partial charge in [-0.15, -0.1) is 6.58 Å². The van der Waals surface area contributed by atoms with E-state index < -0.39 is 5.97 Å². The number of benzene rings is 1. The van der Waals surface area contributed by atoms with Gasteiger partial charge in [0, 0.05) is 11.5 Å². The summed E-state index contributed by atoms with van der Waals surface area (Å²) in [6.07, 6.45) is 2.72. The lowest BCUT2D eigenvalue weighted by atomic mass is 9.99. The summed E-state index contributed by atoms with van der Waals surface area (Å²) in [6, 6.07) is 5.46. The van der Waals surface area contributed by atoms with Crippen LogP contribution in [0.4, 0.5) is 0 Å². The SMILES string of the molecule is C=CC(C)Cc1cc2cc(C(=O)OC)oc2cc1OC. The zero-order valence-electron chi connectivity index (χ0n) is 11.9. The quantitative estimate of drug-likeness (QED) is 0.617. The maximum atomic E-state index is 11.5. The topological polar surface area (TPSA) is 48.7 Å². The first-order valence-corrected chi connectivity index (χ1v) is 6.40. The standard InChI is InChI=1S/C16H18O4/c1-5-10(2)6-11-7-12-8-15(16(17)19-4)20-14(12)9-13(11)18-3/h5,7-10H,1,6H2,2-4H3. The number of methoxy groups -OCH3 is 2. The zero-order chi connectivity index (χ0) is 14.7. The predicted molar refractivity (Wildman–Crippen MR) is 77.2 cm³/mol. The van der Waals surface area contributed by atoms with Crippen LogP contribution in [0, 0.1) is 5.92 Å². The van der Waals surface area contributed by atoms with Crippen molar-refractivity contribution < 1.29 is 18.7 Å². The normalized spacial score (nSPS) is 12.2. The molecule has 2 rings (SSSR count). The van der Waals surface area contributed by atoms with E-state index in [4.69, 9.17) is 9.15 Å². The molecule has 20 heavy (non-hydrogen) atoms. The van der Waals surface area contributed by atoms with E-state index in [9.17, 15) is 4.79 Å². The van der Waals surface area contributed by atoms with Crippen molar-refractivity contribution in [3.8, 4) is 5.75 Å². The third-order valence-electron chi connectivity index (χ3n) is 3.25. The summed E-state index contributed by atoms with van der Waals surface area (Å²) >= 11 is 0. The Bertz CT molecular complexity index is 639. The van der Waals surface area contributed by atoms with E-state index in [-0.39, 0.29) is 5.76 Å². The second kappa shape index (κ2) is 5.82. The first-order valence-electron chi connectivity index (χ1n) is 6.40. The van der Waals surface area contributed by atoms with Crippen LogP contribution in [0.3, 0.4) is 0 Å². The van der Waals surface area contributed by atoms with Gasteiger partial charge < -0.3 is 13.9 Å². The minimum Gasteiger partial charge on any atom is -0.496 e. The average molecular weight is 274 g/mol. The van der Waals surface area contributed by atoms with Crippen molar-refractivity contribution in [2.24, 2.45) is 5.92 Å². The molecule has 0 aliphatic heterocycles. The molecule has 4 heteroatoms. The van der Waals surface area contributed by atoms with Crippen molar-refractivity contribution in [1.29, 1.82) is 0 Å². The molecule has 0 N–H and O–H groups in total. The Kier molecular flexibility index (Phi) is 4.13. The number of fused-ring (bicyclic) bond motifs is 1. The Hall–Kier alpha value is -2.23. The summed E-state index contributed by atoms with van der Waals surface area (Å²) in [5.74, 6) is 0.796. The molecule has 0 aliphatic rings. The lowest BCUT2D eigenvalue weighted by Crippen LogP contribution is -1.98. The van der Waals surface area contributed by atoms with Gasteiger partial charge in [0.25, 0.3) is 0 Å². The fraction of sp³-hybridized carbons (Fsp3) is 0.312. The van der Waals surface area contributed by atoms with Crippen LogP contribution in [-0.2, 0) is 11.2 Å². The summed E-state index contributed by atoms with van der Waals surface area (Å²) in [5, 5.41) is 0.859. The van der Waals surface area contributed by atoms with Crippen LogP contribution in [0.5, 0.6) is 5.75 Å². The minimum absolute atomic E-state index is 0.193. The zero-order valence-corrected chi connectivity index (χ0v) is 11.9. The minimum atomic E-state index is -0.485. The number of furan rings is 1. The van der Waals surface area contributed by atoms with Gasteiger partial charge in [0.1, 0.15) is 11.3 Å². The van der Waals surface area contributed by atoms with Crippen LogP contribution in [0.2, 0.25) is 0 Å². The fourth-order valence-corrected chi connectivity index (χ4v) is 2.10. The Balaban J connectivity index is 2.48. The van der Waals surface area contributed by atoms with Crippen LogP contribution >= 0.6 is 0 Å². The first-order chi connectivity index (χ1) is 9.58. The van der Waals surface area contributed by atoms with Gasteiger partial charge in [-0.3, -0.25) is 0 Å². The number of hydrogen-bond donors (Lipinski definition) is 0. The van der Waals surface area contributed by atoms with E-state index in [1.54, 1.807) is 19.2 Å². The van der Waals surface area contributed by atoms with Crippen molar-refractivity contribution in [2.75, 3.05) is 14.2 Å². The van der Waals surface area contributed by atoms with Crippen LogP contribution in [0.15, 0.2) is 35.3 Å². The highest BCUT2D eigenvalue weighted by molar-refractivity contribution is 5.93. The molecular formula is C16H18O4. The van der Waals surface area contributed by atoms with Gasteiger partial charge in [0.05, 0.1) is 14.2 Å². The average Bonchev–Trinajstić information content (AvgIpc) is 2.88. The highest BCUT2D eigenvalue weighted by Gasteiger charge is 2.15. The fourth-order valence-electron chi connectivity index (χ4n) is 2.10. The van der Waals surface area contributed by atoms with E-state index in [1.807, 2.05) is 12.1 Å². The molecule has 0 aliphatic carbocycles. The monoisotopic (exact) mass is 274 g/mol. The molecule has 0 bridgehead atoms. The Morgan fingerprint density at radius 3 is 2.75 bits per heavy atom. The van der Waals surface area contributed by atoms with E-state index in [2.05, 4.69) is 18.2 Å². The smallest absolute Gasteiger partial charge is 0.373 e. The number of allylic oxidation sites excluding steroid dienone is 1. The summed E-state index contributed by atoms with van der Waals surface area (Å²) in [7, 11) is 2.95. The second-order valence-electron chi connectivity index (χ2n) is 4.72. The molecule has 0 saturated carbocycles. The lowest BCUT2D eigenvalue weighted by Gasteiger charge is -2.11. The number of carbonyl (C=O) groups excluding carboxylic acids is 1. The predicted octanol–water partition coefficient (Wildman–Crippen LogP) is 3.59. The number of esters is 1. The van der Waals surface area contributed by atoms with Crippen molar-refractivity contribution >= 4 is 16.9 Å². The van der Waals surface area contributed by atoms with Crippen LogP contribution in [0.25, 0.3) is 11.0 Å². The van der Waals surface area contributed by atoms with Crippen molar-refractivity contribution in [2.45, 2.75) is 13.3 Å². The summed E-state index contributed by atoms with van der Waals surface area (Å²) in [4.78, 5) is 11.5. The molecule has 1 atom stereocenters. The molecule has 1 heterocycles. The molecule has 0 saturated heterocycles. The number of carbonyl (C=O) groups is 1. The Morgan fingerprint density at radius 2 is 2.15 bits per heavy atom. The molecule has 106 valence electrons. The lowest BCUT2D eigenvalue weighted by molar-refractivity contribution is 0.0567. The number of rotatable bonds is 5. The van der Waals surface area contributed by atoms with Gasteiger partial charge in [-0.05, 0) is 30.0 Å². The Morgan fingerprint density at radius 1 is 1.40 bits per heavy atom. The summed E-state index contributed by atoms with van der Waals surface area (Å²) < 4.78 is 15.5. The van der Waals surface area contributed by atoms with Crippen LogP contribution < -0.4 is 4.74 Å². The molecule has 1 aromatic heterocycles. The molecule has 0 radical (unpaired) electrons. The highest BCUT2D eigenvalue weighted by atomic mass is 16.5. The molecule has 1 unspecified atom stereocenters. The van der Waals surface area contributed by atoms with Crippen molar-refractivity contribution in [1.82, 2.24) is 0 Å². The first kappa shape index (κ1) is 14.2. The third kappa shape index (κ3) is 2.69. The van der Waals surface area contributed by atoms with E-state index >= 15 is 0 Å². The van der Waals surface area contributed by atoms with Crippen molar-refractivity contribution in [3.05, 3.63) is 42.2 Å². The van der Waals surface area contributed by atoms with Gasteiger partial charge in [-0.2, -0.15) is 0 Å². The molecule has 0 amide bonds. The molecule has 2 aromatic rings. The van der Waals surface area contributed by atoms with E-state index in [0.29, 0.717) is 11.5 Å². The molecule has 1 aromatic carbocycles. The van der Waals surface area contributed by atoms with Crippen LogP contribution in [0.1, 0.15) is 23.0 Å². The second-order valence-corrected chi connectivity index (χ2v) is 4.72.